The number of rotatable bonds is 4. The summed E-state index contributed by atoms with van der Waals surface area (Å²) >= 11 is 0. The van der Waals surface area contributed by atoms with Gasteiger partial charge in [-0.05, 0) is 43.0 Å². The molecule has 1 aromatic carbocycles. The molecule has 3 nitrogen and oxygen atoms in total. The molecule has 0 radical (unpaired) electrons. The average Bonchev–Trinajstić information content (AvgIpc) is 2.91. The monoisotopic (exact) mass is 297 g/mol. The van der Waals surface area contributed by atoms with Crippen LogP contribution in [0.4, 0.5) is 8.78 Å². The van der Waals surface area contributed by atoms with Crippen LogP contribution in [-0.2, 0) is 16.0 Å². The molecule has 2 fully saturated rings. The van der Waals surface area contributed by atoms with Gasteiger partial charge in [0.25, 0.3) is 0 Å². The molecule has 1 heterocycles. The first-order chi connectivity index (χ1) is 10.2. The van der Waals surface area contributed by atoms with E-state index in [-0.39, 0.29) is 5.79 Å². The maximum Gasteiger partial charge on any atom is 0.168 e. The second kappa shape index (κ2) is 6.38. The summed E-state index contributed by atoms with van der Waals surface area (Å²) in [6, 6.07) is 4.02. The van der Waals surface area contributed by atoms with Crippen LogP contribution in [0.2, 0.25) is 0 Å². The van der Waals surface area contributed by atoms with E-state index in [9.17, 15) is 8.78 Å². The van der Waals surface area contributed by atoms with Crippen molar-refractivity contribution < 1.29 is 18.3 Å². The van der Waals surface area contributed by atoms with E-state index in [0.717, 1.165) is 37.8 Å². The van der Waals surface area contributed by atoms with Crippen molar-refractivity contribution in [1.82, 2.24) is 5.32 Å². The highest BCUT2D eigenvalue weighted by Crippen LogP contribution is 2.38. The van der Waals surface area contributed by atoms with E-state index in [0.29, 0.717) is 25.7 Å². The molecule has 1 saturated heterocycles. The molecule has 1 N–H and O–H groups in total. The standard InChI is InChI=1S/C16H21F2NO2/c17-14-4-3-12(8-15(14)18)10-19-11-13-2-1-5-16(9-13)20-6-7-21-16/h3-4,8,13,19H,1-2,5-7,9-11H2. The minimum absolute atomic E-state index is 0.355. The summed E-state index contributed by atoms with van der Waals surface area (Å²) in [5.74, 6) is -1.45. The first-order valence-corrected chi connectivity index (χ1v) is 7.59. The van der Waals surface area contributed by atoms with Gasteiger partial charge in [-0.2, -0.15) is 0 Å². The van der Waals surface area contributed by atoms with Gasteiger partial charge in [0.15, 0.2) is 17.4 Å². The number of nitrogens with one attached hydrogen (secondary N) is 1. The fourth-order valence-electron chi connectivity index (χ4n) is 3.31. The highest BCUT2D eigenvalue weighted by molar-refractivity contribution is 5.17. The largest absolute Gasteiger partial charge is 0.348 e. The minimum Gasteiger partial charge on any atom is -0.348 e. The molecular formula is C16H21F2NO2. The fraction of sp³-hybridized carbons (Fsp3) is 0.625. The molecule has 21 heavy (non-hydrogen) atoms. The van der Waals surface area contributed by atoms with E-state index in [2.05, 4.69) is 5.32 Å². The van der Waals surface area contributed by atoms with Gasteiger partial charge in [0.05, 0.1) is 13.2 Å². The zero-order valence-electron chi connectivity index (χ0n) is 12.0. The Morgan fingerprint density at radius 3 is 2.76 bits per heavy atom. The second-order valence-corrected chi connectivity index (χ2v) is 5.95. The maximum atomic E-state index is 13.1. The van der Waals surface area contributed by atoms with Crippen molar-refractivity contribution in [3.05, 3.63) is 35.4 Å². The predicted molar refractivity (Wildman–Crippen MR) is 74.7 cm³/mol. The third-order valence-corrected chi connectivity index (χ3v) is 4.33. The lowest BCUT2D eigenvalue weighted by molar-refractivity contribution is -0.186. The van der Waals surface area contributed by atoms with E-state index < -0.39 is 11.6 Å². The summed E-state index contributed by atoms with van der Waals surface area (Å²) in [7, 11) is 0. The highest BCUT2D eigenvalue weighted by atomic mass is 19.2. The molecule has 1 aromatic rings. The molecule has 2 aliphatic rings. The summed E-state index contributed by atoms with van der Waals surface area (Å²) in [6.45, 7) is 2.76. The topological polar surface area (TPSA) is 30.5 Å². The van der Waals surface area contributed by atoms with Crippen molar-refractivity contribution in [3.8, 4) is 0 Å². The first kappa shape index (κ1) is 14.9. The van der Waals surface area contributed by atoms with Gasteiger partial charge in [0.1, 0.15) is 0 Å². The third-order valence-electron chi connectivity index (χ3n) is 4.33. The molecule has 116 valence electrons. The van der Waals surface area contributed by atoms with Crippen molar-refractivity contribution in [2.24, 2.45) is 5.92 Å². The molecule has 5 heteroatoms. The fourth-order valence-corrected chi connectivity index (χ4v) is 3.31. The molecular weight excluding hydrogens is 276 g/mol. The Bertz CT molecular complexity index is 489. The van der Waals surface area contributed by atoms with Crippen molar-refractivity contribution in [3.63, 3.8) is 0 Å². The van der Waals surface area contributed by atoms with Gasteiger partial charge in [-0.1, -0.05) is 6.07 Å². The van der Waals surface area contributed by atoms with Gasteiger partial charge in [-0.25, -0.2) is 8.78 Å². The van der Waals surface area contributed by atoms with Gasteiger partial charge in [-0.15, -0.1) is 0 Å². The van der Waals surface area contributed by atoms with E-state index in [4.69, 9.17) is 9.47 Å². The molecule has 1 spiro atoms. The quantitative estimate of drug-likeness (QED) is 0.927. The molecule has 0 bridgehead atoms. The van der Waals surface area contributed by atoms with Crippen LogP contribution in [0.3, 0.4) is 0 Å². The van der Waals surface area contributed by atoms with Crippen molar-refractivity contribution in [2.75, 3.05) is 19.8 Å². The zero-order chi connectivity index (χ0) is 14.7. The van der Waals surface area contributed by atoms with Gasteiger partial charge < -0.3 is 14.8 Å². The SMILES string of the molecule is Fc1ccc(CNCC2CCCC3(C2)OCCO3)cc1F. The van der Waals surface area contributed by atoms with Crippen LogP contribution in [-0.4, -0.2) is 25.5 Å². The Kier molecular flexibility index (Phi) is 4.52. The summed E-state index contributed by atoms with van der Waals surface area (Å²) in [5, 5.41) is 3.32. The molecule has 1 unspecified atom stereocenters. The normalized spacial score (nSPS) is 24.6. The summed E-state index contributed by atoms with van der Waals surface area (Å²) < 4.78 is 37.5. The Morgan fingerprint density at radius 1 is 1.19 bits per heavy atom. The smallest absolute Gasteiger partial charge is 0.168 e. The van der Waals surface area contributed by atoms with Gasteiger partial charge in [0, 0.05) is 19.4 Å². The van der Waals surface area contributed by atoms with E-state index in [1.807, 2.05) is 0 Å². The van der Waals surface area contributed by atoms with Crippen LogP contribution in [0, 0.1) is 17.6 Å². The van der Waals surface area contributed by atoms with E-state index in [1.54, 1.807) is 6.07 Å². The average molecular weight is 297 g/mol. The first-order valence-electron chi connectivity index (χ1n) is 7.59. The molecule has 0 amide bonds. The van der Waals surface area contributed by atoms with Crippen LogP contribution in [0.15, 0.2) is 18.2 Å². The number of benzene rings is 1. The third kappa shape index (κ3) is 3.59. The molecule has 0 aromatic heterocycles. The maximum absolute atomic E-state index is 13.1. The Balaban J connectivity index is 1.47. The Hall–Kier alpha value is -1.04. The Labute approximate surface area is 123 Å². The molecule has 1 saturated carbocycles. The molecule has 1 aliphatic carbocycles. The highest BCUT2D eigenvalue weighted by Gasteiger charge is 2.41. The number of hydrogen-bond acceptors (Lipinski definition) is 3. The van der Waals surface area contributed by atoms with Crippen LogP contribution in [0.1, 0.15) is 31.2 Å². The van der Waals surface area contributed by atoms with Crippen LogP contribution >= 0.6 is 0 Å². The van der Waals surface area contributed by atoms with Gasteiger partial charge in [0.2, 0.25) is 0 Å². The predicted octanol–water partition coefficient (Wildman–Crippen LogP) is 2.99. The second-order valence-electron chi connectivity index (χ2n) is 5.95. The number of hydrogen-bond donors (Lipinski definition) is 1. The zero-order valence-corrected chi connectivity index (χ0v) is 12.0. The number of halogens is 2. The lowest BCUT2D eigenvalue weighted by Crippen LogP contribution is -2.39. The van der Waals surface area contributed by atoms with Crippen LogP contribution in [0.25, 0.3) is 0 Å². The van der Waals surface area contributed by atoms with E-state index in [1.165, 1.54) is 12.1 Å². The molecule has 1 atom stereocenters. The molecule has 1 aliphatic heterocycles. The van der Waals surface area contributed by atoms with E-state index >= 15 is 0 Å². The summed E-state index contributed by atoms with van der Waals surface area (Å²) in [6.07, 6.45) is 4.15. The summed E-state index contributed by atoms with van der Waals surface area (Å²) in [5.41, 5.74) is 0.757. The van der Waals surface area contributed by atoms with Gasteiger partial charge >= 0.3 is 0 Å². The van der Waals surface area contributed by atoms with Crippen molar-refractivity contribution in [1.29, 1.82) is 0 Å². The van der Waals surface area contributed by atoms with Crippen LogP contribution < -0.4 is 5.32 Å². The van der Waals surface area contributed by atoms with Crippen molar-refractivity contribution >= 4 is 0 Å². The van der Waals surface area contributed by atoms with Crippen LogP contribution in [0.5, 0.6) is 0 Å². The minimum atomic E-state index is -0.802. The lowest BCUT2D eigenvalue weighted by Gasteiger charge is -2.36. The lowest BCUT2D eigenvalue weighted by atomic mass is 9.84. The summed E-state index contributed by atoms with van der Waals surface area (Å²) in [4.78, 5) is 0. The Morgan fingerprint density at radius 2 is 2.00 bits per heavy atom. The molecule has 3 rings (SSSR count). The van der Waals surface area contributed by atoms with Gasteiger partial charge in [-0.3, -0.25) is 0 Å². The number of ether oxygens (including phenoxy) is 2. The van der Waals surface area contributed by atoms with Crippen molar-refractivity contribution in [2.45, 2.75) is 38.0 Å².